The van der Waals surface area contributed by atoms with Gasteiger partial charge in [0.25, 0.3) is 5.91 Å². The monoisotopic (exact) mass is 235 g/mol. The summed E-state index contributed by atoms with van der Waals surface area (Å²) < 4.78 is 2.80. The summed E-state index contributed by atoms with van der Waals surface area (Å²) in [7, 11) is 0. The standard InChI is InChI=1S/C6H6INO/c8-6(9)5-3-1-2-4-7-5/h1-4H,(H2,8,9). The molecule has 0 bridgehead atoms. The number of allylic oxidation sites excluding steroid dienone is 2. The summed E-state index contributed by atoms with van der Waals surface area (Å²) in [5, 5.41) is 0. The molecule has 1 heterocycles. The third-order valence-corrected chi connectivity index (χ3v) is 3.18. The minimum absolute atomic E-state index is 0.217. The Kier molecular flexibility index (Phi) is 2.16. The molecule has 0 aliphatic carbocycles. The third-order valence-electron chi connectivity index (χ3n) is 0.842. The lowest BCUT2D eigenvalue weighted by atomic mass is 10.3. The van der Waals surface area contributed by atoms with Crippen molar-refractivity contribution < 1.29 is 4.79 Å². The molecule has 0 aromatic heterocycles. The summed E-state index contributed by atoms with van der Waals surface area (Å²) in [6.07, 6.45) is 5.57. The lowest BCUT2D eigenvalue weighted by Gasteiger charge is -1.93. The van der Waals surface area contributed by atoms with Gasteiger partial charge in [0.05, 0.1) is 3.51 Å². The molecule has 0 saturated heterocycles. The summed E-state index contributed by atoms with van der Waals surface area (Å²) in [5.74, 6) is -0.275. The number of halogens is 1. The highest BCUT2D eigenvalue weighted by molar-refractivity contribution is 14.2. The molecule has 1 amide bonds. The van der Waals surface area contributed by atoms with Crippen LogP contribution in [0.3, 0.4) is 0 Å². The van der Waals surface area contributed by atoms with E-state index in [1.807, 2.05) is 16.2 Å². The molecule has 3 heteroatoms. The maximum atomic E-state index is 10.5. The van der Waals surface area contributed by atoms with E-state index < -0.39 is 0 Å². The van der Waals surface area contributed by atoms with Gasteiger partial charge in [-0.25, -0.2) is 0 Å². The van der Waals surface area contributed by atoms with E-state index >= 15 is 0 Å². The van der Waals surface area contributed by atoms with Gasteiger partial charge in [-0.1, -0.05) is 32.9 Å². The number of carbonyl (C=O) groups is 1. The SMILES string of the molecule is NC(=O)C1=IC=CC=C1. The predicted octanol–water partition coefficient (Wildman–Crippen LogP) is 0.698. The molecule has 0 radical (unpaired) electrons. The Morgan fingerprint density at radius 3 is 2.67 bits per heavy atom. The summed E-state index contributed by atoms with van der Waals surface area (Å²) in [6.45, 7) is 0. The maximum Gasteiger partial charge on any atom is 0.254 e. The molecule has 9 heavy (non-hydrogen) atoms. The smallest absolute Gasteiger partial charge is 0.254 e. The average Bonchev–Trinajstić information content (AvgIpc) is 1.90. The Hall–Kier alpha value is -0.450. The number of carbonyl (C=O) groups excluding carboxylic acids is 1. The first kappa shape index (κ1) is 6.67. The second-order valence-corrected chi connectivity index (χ2v) is 4.00. The lowest BCUT2D eigenvalue weighted by Crippen LogP contribution is -2.19. The van der Waals surface area contributed by atoms with Crippen LogP contribution in [0.4, 0.5) is 0 Å². The van der Waals surface area contributed by atoms with Crippen molar-refractivity contribution in [1.29, 1.82) is 0 Å². The second kappa shape index (κ2) is 2.91. The fraction of sp³-hybridized carbons (Fsp3) is 0. The highest BCUT2D eigenvalue weighted by Crippen LogP contribution is 2.08. The summed E-state index contributed by atoms with van der Waals surface area (Å²) in [5.41, 5.74) is 5.03. The molecule has 1 rings (SSSR count). The van der Waals surface area contributed by atoms with Gasteiger partial charge in [0.1, 0.15) is 0 Å². The van der Waals surface area contributed by atoms with Gasteiger partial charge >= 0.3 is 0 Å². The Morgan fingerprint density at radius 1 is 1.56 bits per heavy atom. The summed E-state index contributed by atoms with van der Waals surface area (Å²) in [4.78, 5) is 10.5. The molecule has 2 N–H and O–H groups in total. The molecular weight excluding hydrogens is 229 g/mol. The number of rotatable bonds is 1. The highest BCUT2D eigenvalue weighted by Gasteiger charge is 1.99. The molecular formula is C6H6INO. The molecule has 0 atom stereocenters. The van der Waals surface area contributed by atoms with Crippen LogP contribution in [0.2, 0.25) is 0 Å². The van der Waals surface area contributed by atoms with Crippen LogP contribution in [0, 0.1) is 0 Å². The Morgan fingerprint density at radius 2 is 2.33 bits per heavy atom. The maximum absolute atomic E-state index is 10.5. The molecule has 0 aromatic carbocycles. The predicted molar refractivity (Wildman–Crippen MR) is 46.5 cm³/mol. The molecule has 2 nitrogen and oxygen atoms in total. The van der Waals surface area contributed by atoms with Crippen LogP contribution in [0.1, 0.15) is 0 Å². The van der Waals surface area contributed by atoms with E-state index in [0.717, 1.165) is 3.51 Å². The second-order valence-electron chi connectivity index (χ2n) is 1.50. The van der Waals surface area contributed by atoms with Crippen molar-refractivity contribution >= 4 is 30.1 Å². The number of nitrogens with two attached hydrogens (primary N) is 1. The fourth-order valence-electron chi connectivity index (χ4n) is 0.459. The van der Waals surface area contributed by atoms with Gasteiger partial charge < -0.3 is 5.73 Å². The normalized spacial score (nSPS) is 16.2. The fourth-order valence-corrected chi connectivity index (χ4v) is 2.02. The van der Waals surface area contributed by atoms with Gasteiger partial charge in [0.2, 0.25) is 0 Å². The van der Waals surface area contributed by atoms with Gasteiger partial charge in [-0.05, 0) is 10.2 Å². The molecule has 1 aliphatic rings. The molecule has 0 unspecified atom stereocenters. The summed E-state index contributed by atoms with van der Waals surface area (Å²) >= 11 is -0.217. The average molecular weight is 235 g/mol. The van der Waals surface area contributed by atoms with Gasteiger partial charge in [-0.2, -0.15) is 0 Å². The zero-order chi connectivity index (χ0) is 6.69. The number of primary amides is 1. The number of hydrogen-bond donors (Lipinski definition) is 1. The van der Waals surface area contributed by atoms with Gasteiger partial charge in [0.15, 0.2) is 0 Å². The van der Waals surface area contributed by atoms with E-state index in [4.69, 9.17) is 5.73 Å². The van der Waals surface area contributed by atoms with Crippen LogP contribution >= 0.6 is 20.7 Å². The Labute approximate surface area is 63.2 Å². The first-order valence-electron chi connectivity index (χ1n) is 2.44. The number of amides is 1. The van der Waals surface area contributed by atoms with Crippen molar-refractivity contribution in [3.8, 4) is 0 Å². The van der Waals surface area contributed by atoms with Crippen LogP contribution in [0.25, 0.3) is 0 Å². The van der Waals surface area contributed by atoms with Crippen LogP contribution in [0.15, 0.2) is 22.3 Å². The molecule has 1 aliphatic heterocycles. The summed E-state index contributed by atoms with van der Waals surface area (Å²) in [6, 6.07) is 0. The largest absolute Gasteiger partial charge is 0.365 e. The van der Waals surface area contributed by atoms with E-state index in [0.29, 0.717) is 0 Å². The molecule has 0 spiro atoms. The van der Waals surface area contributed by atoms with Crippen LogP contribution in [0.5, 0.6) is 0 Å². The van der Waals surface area contributed by atoms with E-state index in [-0.39, 0.29) is 26.6 Å². The van der Waals surface area contributed by atoms with Crippen molar-refractivity contribution in [2.75, 3.05) is 0 Å². The minimum Gasteiger partial charge on any atom is -0.365 e. The molecule has 0 saturated carbocycles. The zero-order valence-corrected chi connectivity index (χ0v) is 6.83. The van der Waals surface area contributed by atoms with Gasteiger partial charge in [0, 0.05) is 0 Å². The first-order valence-corrected chi connectivity index (χ1v) is 4.76. The topological polar surface area (TPSA) is 43.1 Å². The van der Waals surface area contributed by atoms with E-state index in [1.54, 1.807) is 6.08 Å². The highest BCUT2D eigenvalue weighted by atomic mass is 127. The van der Waals surface area contributed by atoms with Crippen molar-refractivity contribution in [3.63, 3.8) is 0 Å². The third kappa shape index (κ3) is 1.74. The minimum atomic E-state index is -0.275. The van der Waals surface area contributed by atoms with Crippen LogP contribution in [-0.4, -0.2) is 9.42 Å². The van der Waals surface area contributed by atoms with Crippen LogP contribution in [-0.2, 0) is 4.79 Å². The van der Waals surface area contributed by atoms with Crippen molar-refractivity contribution in [3.05, 3.63) is 22.3 Å². The van der Waals surface area contributed by atoms with E-state index in [1.165, 1.54) is 0 Å². The lowest BCUT2D eigenvalue weighted by molar-refractivity contribution is -0.111. The quantitative estimate of drug-likeness (QED) is 0.668. The van der Waals surface area contributed by atoms with E-state index in [9.17, 15) is 4.79 Å². The Bertz CT molecular complexity index is 215. The van der Waals surface area contributed by atoms with Crippen LogP contribution < -0.4 is 5.73 Å². The van der Waals surface area contributed by atoms with Crippen molar-refractivity contribution in [1.82, 2.24) is 0 Å². The first-order chi connectivity index (χ1) is 4.30. The molecule has 0 fully saturated rings. The molecule has 0 aromatic rings. The van der Waals surface area contributed by atoms with Crippen molar-refractivity contribution in [2.24, 2.45) is 5.73 Å². The number of hydrogen-bond acceptors (Lipinski definition) is 1. The van der Waals surface area contributed by atoms with Crippen molar-refractivity contribution in [2.45, 2.75) is 0 Å². The molecule has 48 valence electrons. The zero-order valence-electron chi connectivity index (χ0n) is 4.67. The van der Waals surface area contributed by atoms with Gasteiger partial charge in [-0.15, -0.1) is 0 Å². The van der Waals surface area contributed by atoms with E-state index in [2.05, 4.69) is 0 Å². The Balaban J connectivity index is 2.84. The van der Waals surface area contributed by atoms with Gasteiger partial charge in [-0.3, -0.25) is 4.79 Å².